The van der Waals surface area contributed by atoms with E-state index in [0.717, 1.165) is 16.8 Å². The van der Waals surface area contributed by atoms with Crippen molar-refractivity contribution in [3.05, 3.63) is 66.7 Å². The molecule has 0 unspecified atom stereocenters. The Balaban J connectivity index is 1.31. The molecule has 2 aromatic heterocycles. The van der Waals surface area contributed by atoms with Crippen LogP contribution in [0.5, 0.6) is 0 Å². The summed E-state index contributed by atoms with van der Waals surface area (Å²) in [6.45, 7) is 1.32. The number of nitrogens with zero attached hydrogens (tertiary/aromatic N) is 3. The number of morpholine rings is 1. The number of H-pyrrole nitrogens is 1. The van der Waals surface area contributed by atoms with Crippen LogP contribution < -0.4 is 0 Å². The number of carbonyl (C=O) groups excluding carboxylic acids is 1. The van der Waals surface area contributed by atoms with Crippen LogP contribution in [-0.2, 0) is 19.4 Å². The first kappa shape index (κ1) is 21.2. The second-order valence-electron chi connectivity index (χ2n) is 7.39. The molecule has 1 atom stereocenters. The van der Waals surface area contributed by atoms with Gasteiger partial charge in [0.1, 0.15) is 6.10 Å². The van der Waals surface area contributed by atoms with Crippen molar-refractivity contribution >= 4 is 15.7 Å². The van der Waals surface area contributed by atoms with Gasteiger partial charge >= 0.3 is 0 Å². The summed E-state index contributed by atoms with van der Waals surface area (Å²) >= 11 is 0. The molecular formula is C22H24N4O4S. The lowest BCUT2D eigenvalue weighted by atomic mass is 10.1. The number of aromatic nitrogens is 3. The maximum atomic E-state index is 12.7. The molecule has 0 spiro atoms. The Hall–Kier alpha value is -3.04. The highest BCUT2D eigenvalue weighted by molar-refractivity contribution is 7.91. The Bertz CT molecular complexity index is 1100. The first-order valence-electron chi connectivity index (χ1n) is 10.2. The van der Waals surface area contributed by atoms with Crippen LogP contribution in [0.25, 0.3) is 11.1 Å². The molecule has 1 saturated heterocycles. The molecule has 162 valence electrons. The molecule has 1 N–H and O–H groups in total. The average molecular weight is 441 g/mol. The number of hydrogen-bond acceptors (Lipinski definition) is 6. The van der Waals surface area contributed by atoms with Crippen LogP contribution >= 0.6 is 0 Å². The molecule has 8 nitrogen and oxygen atoms in total. The molecule has 1 aromatic carbocycles. The molecular weight excluding hydrogens is 416 g/mol. The van der Waals surface area contributed by atoms with Crippen molar-refractivity contribution in [3.8, 4) is 11.1 Å². The predicted octanol–water partition coefficient (Wildman–Crippen LogP) is 2.63. The number of amides is 1. The highest BCUT2D eigenvalue weighted by Crippen LogP contribution is 2.24. The minimum absolute atomic E-state index is 0.0481. The fourth-order valence-corrected chi connectivity index (χ4v) is 4.88. The maximum absolute atomic E-state index is 12.7. The van der Waals surface area contributed by atoms with Gasteiger partial charge in [0.15, 0.2) is 9.84 Å². The van der Waals surface area contributed by atoms with Gasteiger partial charge < -0.3 is 9.64 Å². The zero-order valence-corrected chi connectivity index (χ0v) is 17.8. The van der Waals surface area contributed by atoms with Crippen molar-refractivity contribution < 1.29 is 17.9 Å². The lowest BCUT2D eigenvalue weighted by Gasteiger charge is -2.32. The Morgan fingerprint density at radius 3 is 2.68 bits per heavy atom. The van der Waals surface area contributed by atoms with E-state index in [4.69, 9.17) is 4.74 Å². The lowest BCUT2D eigenvalue weighted by Crippen LogP contribution is -2.42. The second-order valence-corrected chi connectivity index (χ2v) is 9.50. The standard InChI is InChI=1S/C22H24N4O4S/c27-22(7-4-12-31(28,29)19-5-2-1-3-6-19)26-10-11-30-21(16-26)20-9-8-17(13-23-20)18-14-24-25-15-18/h1-3,5-6,8-9,13-15,21H,4,7,10-12,16H2,(H,24,25)/t21-/m1/s1. The number of ether oxygens (including phenoxy) is 1. The van der Waals surface area contributed by atoms with Crippen LogP contribution in [0.4, 0.5) is 0 Å². The number of sulfone groups is 1. The summed E-state index contributed by atoms with van der Waals surface area (Å²) in [4.78, 5) is 19.2. The Morgan fingerprint density at radius 2 is 1.97 bits per heavy atom. The molecule has 3 heterocycles. The van der Waals surface area contributed by atoms with Gasteiger partial charge in [-0.15, -0.1) is 0 Å². The summed E-state index contributed by atoms with van der Waals surface area (Å²) in [5, 5.41) is 6.71. The van der Waals surface area contributed by atoms with Crippen LogP contribution in [0.3, 0.4) is 0 Å². The number of aromatic amines is 1. The molecule has 0 bridgehead atoms. The van der Waals surface area contributed by atoms with E-state index in [9.17, 15) is 13.2 Å². The summed E-state index contributed by atoms with van der Waals surface area (Å²) in [7, 11) is -3.38. The number of rotatable bonds is 7. The van der Waals surface area contributed by atoms with Crippen LogP contribution in [0.1, 0.15) is 24.6 Å². The lowest BCUT2D eigenvalue weighted by molar-refractivity contribution is -0.139. The molecule has 9 heteroatoms. The first-order valence-corrected chi connectivity index (χ1v) is 11.8. The highest BCUT2D eigenvalue weighted by atomic mass is 32.2. The van der Waals surface area contributed by atoms with Crippen LogP contribution in [0.2, 0.25) is 0 Å². The smallest absolute Gasteiger partial charge is 0.222 e. The quantitative estimate of drug-likeness (QED) is 0.606. The fourth-order valence-electron chi connectivity index (χ4n) is 3.55. The van der Waals surface area contributed by atoms with Crippen molar-refractivity contribution in [3.63, 3.8) is 0 Å². The zero-order chi connectivity index (χ0) is 21.7. The van der Waals surface area contributed by atoms with Gasteiger partial charge in [-0.05, 0) is 24.6 Å². The van der Waals surface area contributed by atoms with Crippen LogP contribution in [-0.4, -0.2) is 59.9 Å². The third kappa shape index (κ3) is 5.18. The molecule has 1 amide bonds. The first-order chi connectivity index (χ1) is 15.0. The second kappa shape index (κ2) is 9.40. The van der Waals surface area contributed by atoms with Crippen molar-refractivity contribution in [2.45, 2.75) is 23.8 Å². The van der Waals surface area contributed by atoms with E-state index in [1.165, 1.54) is 0 Å². The van der Waals surface area contributed by atoms with Gasteiger partial charge in [-0.3, -0.25) is 14.9 Å². The molecule has 1 aliphatic rings. The van der Waals surface area contributed by atoms with Gasteiger partial charge in [0, 0.05) is 36.5 Å². The van der Waals surface area contributed by atoms with E-state index >= 15 is 0 Å². The summed E-state index contributed by atoms with van der Waals surface area (Å²) < 4.78 is 30.6. The van der Waals surface area contributed by atoms with E-state index in [2.05, 4.69) is 15.2 Å². The number of pyridine rings is 1. The number of nitrogens with one attached hydrogen (secondary N) is 1. The predicted molar refractivity (Wildman–Crippen MR) is 115 cm³/mol. The molecule has 1 aliphatic heterocycles. The number of benzene rings is 1. The monoisotopic (exact) mass is 440 g/mol. The SMILES string of the molecule is O=C(CCCS(=O)(=O)c1ccccc1)N1CCO[C@@H](c2ccc(-c3cn[nH]c3)cn2)C1. The zero-order valence-electron chi connectivity index (χ0n) is 17.0. The van der Waals surface area contributed by atoms with Gasteiger partial charge in [-0.2, -0.15) is 5.10 Å². The number of carbonyl (C=O) groups is 1. The maximum Gasteiger partial charge on any atom is 0.222 e. The van der Waals surface area contributed by atoms with E-state index in [0.29, 0.717) is 24.6 Å². The minimum atomic E-state index is -3.38. The molecule has 1 fully saturated rings. The van der Waals surface area contributed by atoms with E-state index in [1.807, 2.05) is 12.1 Å². The highest BCUT2D eigenvalue weighted by Gasteiger charge is 2.26. The van der Waals surface area contributed by atoms with Gasteiger partial charge in [0.05, 0.1) is 35.7 Å². The van der Waals surface area contributed by atoms with Gasteiger partial charge in [0.25, 0.3) is 0 Å². The van der Waals surface area contributed by atoms with E-state index in [1.54, 1.807) is 53.8 Å². The normalized spacial score (nSPS) is 16.9. The van der Waals surface area contributed by atoms with Crippen LogP contribution in [0.15, 0.2) is 66.0 Å². The average Bonchev–Trinajstić information content (AvgIpc) is 3.35. The molecule has 3 aromatic rings. The Morgan fingerprint density at radius 1 is 1.13 bits per heavy atom. The molecule has 0 radical (unpaired) electrons. The van der Waals surface area contributed by atoms with Crippen molar-refractivity contribution in [2.75, 3.05) is 25.4 Å². The summed E-state index contributed by atoms with van der Waals surface area (Å²) in [5.41, 5.74) is 2.66. The largest absolute Gasteiger partial charge is 0.368 e. The molecule has 0 saturated carbocycles. The third-order valence-corrected chi connectivity index (χ3v) is 7.09. The van der Waals surface area contributed by atoms with Crippen molar-refractivity contribution in [1.82, 2.24) is 20.1 Å². The van der Waals surface area contributed by atoms with Gasteiger partial charge in [-0.25, -0.2) is 8.42 Å². The summed E-state index contributed by atoms with van der Waals surface area (Å²) in [5.74, 6) is -0.111. The topological polar surface area (TPSA) is 105 Å². The van der Waals surface area contributed by atoms with Gasteiger partial charge in [-0.1, -0.05) is 24.3 Å². The van der Waals surface area contributed by atoms with E-state index < -0.39 is 9.84 Å². The molecule has 4 rings (SSSR count). The van der Waals surface area contributed by atoms with Crippen molar-refractivity contribution in [2.24, 2.45) is 0 Å². The van der Waals surface area contributed by atoms with Gasteiger partial charge in [0.2, 0.25) is 5.91 Å². The van der Waals surface area contributed by atoms with Crippen molar-refractivity contribution in [1.29, 1.82) is 0 Å². The Kier molecular flexibility index (Phi) is 6.43. The molecule has 0 aliphatic carbocycles. The Labute approximate surface area is 181 Å². The third-order valence-electron chi connectivity index (χ3n) is 5.27. The minimum Gasteiger partial charge on any atom is -0.368 e. The number of hydrogen-bond donors (Lipinski definition) is 1. The van der Waals surface area contributed by atoms with Crippen LogP contribution in [0, 0.1) is 0 Å². The molecule has 31 heavy (non-hydrogen) atoms. The van der Waals surface area contributed by atoms with E-state index in [-0.39, 0.29) is 30.6 Å². The summed E-state index contributed by atoms with van der Waals surface area (Å²) in [6.07, 6.45) is 5.46. The fraction of sp³-hybridized carbons (Fsp3) is 0.318. The summed E-state index contributed by atoms with van der Waals surface area (Å²) in [6, 6.07) is 12.2.